The van der Waals surface area contributed by atoms with Gasteiger partial charge in [0.15, 0.2) is 0 Å². The summed E-state index contributed by atoms with van der Waals surface area (Å²) in [5, 5.41) is 4.04. The Hall–Kier alpha value is -1.45. The Bertz CT molecular complexity index is 425. The average molecular weight is 206 g/mol. The molecule has 0 amide bonds. The van der Waals surface area contributed by atoms with Crippen molar-refractivity contribution in [2.75, 3.05) is 0 Å². The number of nitrogens with zero attached hydrogens (tertiary/aromatic N) is 2. The molecule has 2 rings (SSSR count). The van der Waals surface area contributed by atoms with Crippen molar-refractivity contribution >= 4 is 5.78 Å². The summed E-state index contributed by atoms with van der Waals surface area (Å²) < 4.78 is 1.45. The lowest BCUT2D eigenvalue weighted by atomic mass is 9.85. The summed E-state index contributed by atoms with van der Waals surface area (Å²) in [5.74, 6) is 0.575. The standard InChI is InChI=1S/C11H14N2O2/c1-8-4-5-9(14)7-10(8)13-11(15)3-2-6-12-13/h2-3,6,8,10H,4-5,7H2,1H3. The van der Waals surface area contributed by atoms with Crippen LogP contribution in [0.2, 0.25) is 0 Å². The van der Waals surface area contributed by atoms with Crippen molar-refractivity contribution in [2.24, 2.45) is 5.92 Å². The van der Waals surface area contributed by atoms with Crippen LogP contribution in [0, 0.1) is 5.92 Å². The summed E-state index contributed by atoms with van der Waals surface area (Å²) in [6.45, 7) is 2.07. The average Bonchev–Trinajstić information content (AvgIpc) is 2.23. The normalized spacial score (nSPS) is 26.6. The molecule has 80 valence electrons. The van der Waals surface area contributed by atoms with E-state index in [1.165, 1.54) is 10.7 Å². The first-order valence-corrected chi connectivity index (χ1v) is 5.24. The Balaban J connectivity index is 2.33. The molecule has 0 aromatic carbocycles. The number of aromatic nitrogens is 2. The first-order valence-electron chi connectivity index (χ1n) is 5.24. The molecule has 2 unspecified atom stereocenters. The largest absolute Gasteiger partial charge is 0.300 e. The molecule has 1 aliphatic carbocycles. The fraction of sp³-hybridized carbons (Fsp3) is 0.545. The van der Waals surface area contributed by atoms with Gasteiger partial charge in [-0.3, -0.25) is 9.59 Å². The third kappa shape index (κ3) is 1.98. The molecule has 0 bridgehead atoms. The molecule has 4 nitrogen and oxygen atoms in total. The van der Waals surface area contributed by atoms with E-state index >= 15 is 0 Å². The third-order valence-corrected chi connectivity index (χ3v) is 3.03. The second-order valence-electron chi connectivity index (χ2n) is 4.13. The molecule has 2 atom stereocenters. The van der Waals surface area contributed by atoms with E-state index in [4.69, 9.17) is 0 Å². The van der Waals surface area contributed by atoms with Gasteiger partial charge in [-0.15, -0.1) is 0 Å². The van der Waals surface area contributed by atoms with E-state index in [9.17, 15) is 9.59 Å². The van der Waals surface area contributed by atoms with E-state index in [1.54, 1.807) is 12.3 Å². The molecule has 1 aromatic rings. The lowest BCUT2D eigenvalue weighted by Crippen LogP contribution is -2.34. The third-order valence-electron chi connectivity index (χ3n) is 3.03. The van der Waals surface area contributed by atoms with Gasteiger partial charge < -0.3 is 0 Å². The lowest BCUT2D eigenvalue weighted by Gasteiger charge is -2.28. The molecule has 0 aliphatic heterocycles. The second-order valence-corrected chi connectivity index (χ2v) is 4.13. The number of rotatable bonds is 1. The zero-order valence-corrected chi connectivity index (χ0v) is 8.72. The predicted molar refractivity (Wildman–Crippen MR) is 55.6 cm³/mol. The summed E-state index contributed by atoms with van der Waals surface area (Å²) in [7, 11) is 0. The van der Waals surface area contributed by atoms with Crippen molar-refractivity contribution in [1.29, 1.82) is 0 Å². The van der Waals surface area contributed by atoms with E-state index in [-0.39, 0.29) is 17.4 Å². The Morgan fingerprint density at radius 2 is 2.27 bits per heavy atom. The van der Waals surface area contributed by atoms with Crippen LogP contribution in [-0.4, -0.2) is 15.6 Å². The van der Waals surface area contributed by atoms with Gasteiger partial charge >= 0.3 is 0 Å². The molecule has 4 heteroatoms. The van der Waals surface area contributed by atoms with Crippen molar-refractivity contribution in [1.82, 2.24) is 9.78 Å². The number of carbonyl (C=O) groups is 1. The molecule has 0 spiro atoms. The van der Waals surface area contributed by atoms with Gasteiger partial charge in [0, 0.05) is 25.1 Å². The molecule has 0 saturated heterocycles. The van der Waals surface area contributed by atoms with Crippen LogP contribution in [0.25, 0.3) is 0 Å². The molecule has 1 fully saturated rings. The van der Waals surface area contributed by atoms with Crippen LogP contribution in [0.4, 0.5) is 0 Å². The molecule has 1 heterocycles. The van der Waals surface area contributed by atoms with Crippen LogP contribution in [0.3, 0.4) is 0 Å². The fourth-order valence-electron chi connectivity index (χ4n) is 2.06. The van der Waals surface area contributed by atoms with Gasteiger partial charge in [0.2, 0.25) is 0 Å². The molecule has 1 aliphatic rings. The smallest absolute Gasteiger partial charge is 0.267 e. The van der Waals surface area contributed by atoms with Crippen LogP contribution < -0.4 is 5.56 Å². The highest BCUT2D eigenvalue weighted by Crippen LogP contribution is 2.29. The Kier molecular flexibility index (Phi) is 2.66. The molecular formula is C11H14N2O2. The minimum atomic E-state index is -0.121. The highest BCUT2D eigenvalue weighted by Gasteiger charge is 2.28. The number of ketones is 1. The van der Waals surface area contributed by atoms with E-state index in [0.717, 1.165) is 6.42 Å². The van der Waals surface area contributed by atoms with Gasteiger partial charge in [0.1, 0.15) is 5.78 Å². The molecule has 1 aromatic heterocycles. The van der Waals surface area contributed by atoms with Crippen molar-refractivity contribution in [3.8, 4) is 0 Å². The second kappa shape index (κ2) is 3.96. The van der Waals surface area contributed by atoms with Crippen molar-refractivity contribution in [2.45, 2.75) is 32.2 Å². The predicted octanol–water partition coefficient (Wildman–Crippen LogP) is 1.17. The topological polar surface area (TPSA) is 52.0 Å². The van der Waals surface area contributed by atoms with Crippen LogP contribution in [0.5, 0.6) is 0 Å². The fourth-order valence-corrected chi connectivity index (χ4v) is 2.06. The number of hydrogen-bond acceptors (Lipinski definition) is 3. The van der Waals surface area contributed by atoms with Crippen molar-refractivity contribution in [3.05, 3.63) is 28.7 Å². The first-order chi connectivity index (χ1) is 7.18. The van der Waals surface area contributed by atoms with E-state index in [0.29, 0.717) is 18.8 Å². The Morgan fingerprint density at radius 1 is 1.47 bits per heavy atom. The zero-order valence-electron chi connectivity index (χ0n) is 8.72. The van der Waals surface area contributed by atoms with Gasteiger partial charge in [-0.1, -0.05) is 6.92 Å². The van der Waals surface area contributed by atoms with Gasteiger partial charge in [-0.2, -0.15) is 5.10 Å². The monoisotopic (exact) mass is 206 g/mol. The van der Waals surface area contributed by atoms with Crippen LogP contribution in [0.15, 0.2) is 23.1 Å². The minimum absolute atomic E-state index is 0.0556. The minimum Gasteiger partial charge on any atom is -0.300 e. The summed E-state index contributed by atoms with van der Waals surface area (Å²) in [5.41, 5.74) is -0.121. The highest BCUT2D eigenvalue weighted by atomic mass is 16.1. The molecule has 1 saturated carbocycles. The van der Waals surface area contributed by atoms with E-state index in [1.807, 2.05) is 0 Å². The van der Waals surface area contributed by atoms with Crippen molar-refractivity contribution < 1.29 is 4.79 Å². The maximum atomic E-state index is 11.6. The molecular weight excluding hydrogens is 192 g/mol. The van der Waals surface area contributed by atoms with Gasteiger partial charge in [-0.05, 0) is 18.4 Å². The maximum absolute atomic E-state index is 11.6. The quantitative estimate of drug-likeness (QED) is 0.693. The van der Waals surface area contributed by atoms with Crippen LogP contribution in [-0.2, 0) is 4.79 Å². The molecule has 0 radical (unpaired) electrons. The molecule has 0 N–H and O–H groups in total. The van der Waals surface area contributed by atoms with Crippen LogP contribution in [0.1, 0.15) is 32.2 Å². The first kappa shape index (κ1) is 10.1. The summed E-state index contributed by atoms with van der Waals surface area (Å²) in [6.07, 6.45) is 3.52. The Morgan fingerprint density at radius 3 is 3.00 bits per heavy atom. The Labute approximate surface area is 87.9 Å². The summed E-state index contributed by atoms with van der Waals surface area (Å²) in [4.78, 5) is 22.9. The number of carbonyl (C=O) groups excluding carboxylic acids is 1. The number of Topliss-reactive ketones (excluding diaryl/α,β-unsaturated/α-hetero) is 1. The summed E-state index contributed by atoms with van der Waals surface area (Å²) >= 11 is 0. The van der Waals surface area contributed by atoms with Crippen LogP contribution >= 0.6 is 0 Å². The van der Waals surface area contributed by atoms with Crippen molar-refractivity contribution in [3.63, 3.8) is 0 Å². The molecule has 15 heavy (non-hydrogen) atoms. The maximum Gasteiger partial charge on any atom is 0.267 e. The summed E-state index contributed by atoms with van der Waals surface area (Å²) in [6, 6.07) is 3.05. The van der Waals surface area contributed by atoms with Gasteiger partial charge in [0.05, 0.1) is 6.04 Å². The van der Waals surface area contributed by atoms with Gasteiger partial charge in [-0.25, -0.2) is 4.68 Å². The number of hydrogen-bond donors (Lipinski definition) is 0. The van der Waals surface area contributed by atoms with Gasteiger partial charge in [0.25, 0.3) is 5.56 Å². The van der Waals surface area contributed by atoms with E-state index in [2.05, 4.69) is 12.0 Å². The zero-order chi connectivity index (χ0) is 10.8. The van der Waals surface area contributed by atoms with E-state index < -0.39 is 0 Å². The lowest BCUT2D eigenvalue weighted by molar-refractivity contribution is -0.122. The SMILES string of the molecule is CC1CCC(=O)CC1n1ncccc1=O. The highest BCUT2D eigenvalue weighted by molar-refractivity contribution is 5.79.